The molecule has 1 fully saturated rings. The van der Waals surface area contributed by atoms with Crippen molar-refractivity contribution in [2.24, 2.45) is 11.3 Å². The van der Waals surface area contributed by atoms with Crippen molar-refractivity contribution < 1.29 is 9.59 Å². The number of piperidine rings is 1. The number of amides is 2. The number of nitrogens with zero attached hydrogens (tertiary/aromatic N) is 2. The number of likely N-dealkylation sites (tertiary alicyclic amines) is 1. The molecular formula is C17H25N3O2. The normalized spacial score (nSPS) is 16.4. The standard InChI is InChI=1S/C17H25N3O2/c1-13-7-10-20(11-8-13)16(22)17(2,3)15(21)19-12-14-6-4-5-9-18-14/h4-6,9,13H,7-8,10-12H2,1-3H3,(H,19,21). The lowest BCUT2D eigenvalue weighted by atomic mass is 9.88. The second kappa shape index (κ2) is 6.90. The van der Waals surface area contributed by atoms with E-state index in [9.17, 15) is 9.59 Å². The summed E-state index contributed by atoms with van der Waals surface area (Å²) in [5.74, 6) is 0.324. The highest BCUT2D eigenvalue weighted by molar-refractivity contribution is 6.04. The zero-order chi connectivity index (χ0) is 16.2. The van der Waals surface area contributed by atoms with Crippen LogP contribution in [0.25, 0.3) is 0 Å². The quantitative estimate of drug-likeness (QED) is 0.865. The summed E-state index contributed by atoms with van der Waals surface area (Å²) >= 11 is 0. The predicted molar refractivity (Wildman–Crippen MR) is 84.8 cm³/mol. The van der Waals surface area contributed by atoms with Crippen LogP contribution in [0.2, 0.25) is 0 Å². The van der Waals surface area contributed by atoms with Crippen molar-refractivity contribution in [3.8, 4) is 0 Å². The lowest BCUT2D eigenvalue weighted by Gasteiger charge is -2.35. The first-order valence-electron chi connectivity index (χ1n) is 7.89. The minimum absolute atomic E-state index is 0.0853. The van der Waals surface area contributed by atoms with Gasteiger partial charge >= 0.3 is 0 Å². The van der Waals surface area contributed by atoms with E-state index in [2.05, 4.69) is 17.2 Å². The summed E-state index contributed by atoms with van der Waals surface area (Å²) in [7, 11) is 0. The molecule has 5 heteroatoms. The predicted octanol–water partition coefficient (Wildman–Crippen LogP) is 1.98. The zero-order valence-corrected chi connectivity index (χ0v) is 13.6. The third kappa shape index (κ3) is 3.84. The molecule has 0 bridgehead atoms. The molecule has 0 radical (unpaired) electrons. The van der Waals surface area contributed by atoms with E-state index < -0.39 is 5.41 Å². The van der Waals surface area contributed by atoms with Gasteiger partial charge in [-0.05, 0) is 44.7 Å². The van der Waals surface area contributed by atoms with Crippen LogP contribution >= 0.6 is 0 Å². The molecule has 2 heterocycles. The van der Waals surface area contributed by atoms with Crippen LogP contribution < -0.4 is 5.32 Å². The minimum Gasteiger partial charge on any atom is -0.350 e. The Morgan fingerprint density at radius 1 is 1.32 bits per heavy atom. The first-order chi connectivity index (χ1) is 10.4. The second-order valence-corrected chi connectivity index (χ2v) is 6.60. The molecule has 1 aliphatic rings. The molecule has 0 spiro atoms. The van der Waals surface area contributed by atoms with Crippen LogP contribution in [0.1, 0.15) is 39.3 Å². The largest absolute Gasteiger partial charge is 0.350 e. The third-order valence-electron chi connectivity index (χ3n) is 4.33. The first kappa shape index (κ1) is 16.5. The Morgan fingerprint density at radius 2 is 2.00 bits per heavy atom. The Balaban J connectivity index is 1.93. The maximum absolute atomic E-state index is 12.6. The van der Waals surface area contributed by atoms with E-state index in [-0.39, 0.29) is 11.8 Å². The highest BCUT2D eigenvalue weighted by Gasteiger charge is 2.39. The monoisotopic (exact) mass is 303 g/mol. The summed E-state index contributed by atoms with van der Waals surface area (Å²) in [6.07, 6.45) is 3.71. The minimum atomic E-state index is -1.05. The molecule has 0 aromatic carbocycles. The van der Waals surface area contributed by atoms with Crippen molar-refractivity contribution in [1.82, 2.24) is 15.2 Å². The van der Waals surface area contributed by atoms with Gasteiger partial charge in [0.05, 0.1) is 12.2 Å². The van der Waals surface area contributed by atoms with Crippen molar-refractivity contribution in [3.05, 3.63) is 30.1 Å². The van der Waals surface area contributed by atoms with Gasteiger partial charge in [-0.25, -0.2) is 0 Å². The van der Waals surface area contributed by atoms with Crippen LogP contribution in [0.3, 0.4) is 0 Å². The summed E-state index contributed by atoms with van der Waals surface area (Å²) < 4.78 is 0. The van der Waals surface area contributed by atoms with E-state index in [1.165, 1.54) is 0 Å². The van der Waals surface area contributed by atoms with Gasteiger partial charge in [0.1, 0.15) is 5.41 Å². The summed E-state index contributed by atoms with van der Waals surface area (Å²) in [6.45, 7) is 7.43. The van der Waals surface area contributed by atoms with Crippen molar-refractivity contribution >= 4 is 11.8 Å². The first-order valence-corrected chi connectivity index (χ1v) is 7.89. The summed E-state index contributed by atoms with van der Waals surface area (Å²) in [6, 6.07) is 5.55. The van der Waals surface area contributed by atoms with E-state index in [0.717, 1.165) is 31.6 Å². The molecule has 1 aliphatic heterocycles. The highest BCUT2D eigenvalue weighted by atomic mass is 16.2. The molecule has 5 nitrogen and oxygen atoms in total. The van der Waals surface area contributed by atoms with Crippen molar-refractivity contribution in [1.29, 1.82) is 0 Å². The number of pyridine rings is 1. The molecule has 120 valence electrons. The SMILES string of the molecule is CC1CCN(C(=O)C(C)(C)C(=O)NCc2ccccn2)CC1. The van der Waals surface area contributed by atoms with Crippen LogP contribution in [-0.4, -0.2) is 34.8 Å². The van der Waals surface area contributed by atoms with Gasteiger partial charge in [0, 0.05) is 19.3 Å². The summed E-state index contributed by atoms with van der Waals surface area (Å²) in [5.41, 5.74) is -0.263. The van der Waals surface area contributed by atoms with E-state index in [1.54, 1.807) is 20.0 Å². The van der Waals surface area contributed by atoms with Gasteiger partial charge in [-0.3, -0.25) is 14.6 Å². The molecule has 0 atom stereocenters. The summed E-state index contributed by atoms with van der Waals surface area (Å²) in [4.78, 5) is 31.0. The van der Waals surface area contributed by atoms with Crippen LogP contribution in [0.4, 0.5) is 0 Å². The number of hydrogen-bond donors (Lipinski definition) is 1. The maximum atomic E-state index is 12.6. The second-order valence-electron chi connectivity index (χ2n) is 6.60. The number of hydrogen-bond acceptors (Lipinski definition) is 3. The molecule has 1 N–H and O–H groups in total. The molecule has 2 rings (SSSR count). The number of carbonyl (C=O) groups is 2. The number of rotatable bonds is 4. The van der Waals surface area contributed by atoms with Gasteiger partial charge in [0.2, 0.25) is 11.8 Å². The Labute approximate surface area is 132 Å². The molecule has 0 aliphatic carbocycles. The average Bonchev–Trinajstić information content (AvgIpc) is 2.53. The van der Waals surface area contributed by atoms with Crippen molar-refractivity contribution in [2.45, 2.75) is 40.2 Å². The molecule has 0 saturated carbocycles. The van der Waals surface area contributed by atoms with E-state index in [0.29, 0.717) is 12.5 Å². The fraction of sp³-hybridized carbons (Fsp3) is 0.588. The zero-order valence-electron chi connectivity index (χ0n) is 13.6. The van der Waals surface area contributed by atoms with Gasteiger partial charge in [0.25, 0.3) is 0 Å². The number of nitrogens with one attached hydrogen (secondary N) is 1. The third-order valence-corrected chi connectivity index (χ3v) is 4.33. The topological polar surface area (TPSA) is 62.3 Å². The number of carbonyl (C=O) groups excluding carboxylic acids is 2. The van der Waals surface area contributed by atoms with Gasteiger partial charge in [-0.1, -0.05) is 13.0 Å². The Bertz CT molecular complexity index is 520. The van der Waals surface area contributed by atoms with Crippen LogP contribution in [0.15, 0.2) is 24.4 Å². The smallest absolute Gasteiger partial charge is 0.237 e. The van der Waals surface area contributed by atoms with E-state index in [4.69, 9.17) is 0 Å². The molecular weight excluding hydrogens is 278 g/mol. The fourth-order valence-electron chi connectivity index (χ4n) is 2.60. The van der Waals surface area contributed by atoms with Gasteiger partial charge in [-0.2, -0.15) is 0 Å². The lowest BCUT2D eigenvalue weighted by Crippen LogP contribution is -2.51. The van der Waals surface area contributed by atoms with Crippen molar-refractivity contribution in [3.63, 3.8) is 0 Å². The van der Waals surface area contributed by atoms with Crippen LogP contribution in [-0.2, 0) is 16.1 Å². The molecule has 1 saturated heterocycles. The Hall–Kier alpha value is -1.91. The maximum Gasteiger partial charge on any atom is 0.237 e. The van der Waals surface area contributed by atoms with Crippen molar-refractivity contribution in [2.75, 3.05) is 13.1 Å². The molecule has 1 aromatic heterocycles. The molecule has 0 unspecified atom stereocenters. The lowest BCUT2D eigenvalue weighted by molar-refractivity contribution is -0.149. The summed E-state index contributed by atoms with van der Waals surface area (Å²) in [5, 5.41) is 2.82. The Kier molecular flexibility index (Phi) is 5.16. The fourth-order valence-corrected chi connectivity index (χ4v) is 2.60. The molecule has 22 heavy (non-hydrogen) atoms. The molecule has 1 aromatic rings. The van der Waals surface area contributed by atoms with Crippen LogP contribution in [0.5, 0.6) is 0 Å². The van der Waals surface area contributed by atoms with Gasteiger partial charge in [-0.15, -0.1) is 0 Å². The van der Waals surface area contributed by atoms with E-state index >= 15 is 0 Å². The molecule has 2 amide bonds. The van der Waals surface area contributed by atoms with E-state index in [1.807, 2.05) is 23.1 Å². The Morgan fingerprint density at radius 3 is 2.59 bits per heavy atom. The average molecular weight is 303 g/mol. The highest BCUT2D eigenvalue weighted by Crippen LogP contribution is 2.24. The van der Waals surface area contributed by atoms with Gasteiger partial charge in [0.15, 0.2) is 0 Å². The van der Waals surface area contributed by atoms with Crippen LogP contribution in [0, 0.1) is 11.3 Å². The number of aromatic nitrogens is 1. The van der Waals surface area contributed by atoms with Gasteiger partial charge < -0.3 is 10.2 Å².